The van der Waals surface area contributed by atoms with Crippen molar-refractivity contribution in [1.82, 2.24) is 4.98 Å². The number of benzene rings is 1. The molecule has 1 aromatic carbocycles. The monoisotopic (exact) mass is 293 g/mol. The van der Waals surface area contributed by atoms with Gasteiger partial charge in [-0.25, -0.2) is 4.98 Å². The van der Waals surface area contributed by atoms with Crippen molar-refractivity contribution in [2.75, 3.05) is 25.0 Å². The highest BCUT2D eigenvalue weighted by atomic mass is 79.9. The maximum Gasteiger partial charge on any atom is 0.136 e. The largest absolute Gasteiger partial charge is 0.359 e. The summed E-state index contributed by atoms with van der Waals surface area (Å²) in [6.07, 6.45) is 2.82. The van der Waals surface area contributed by atoms with Crippen LogP contribution in [-0.4, -0.2) is 25.1 Å². The Morgan fingerprint density at radius 2 is 2.12 bits per heavy atom. The fourth-order valence-electron chi connectivity index (χ4n) is 1.89. The molecule has 0 aliphatic carbocycles. The zero-order valence-electron chi connectivity index (χ0n) is 9.86. The number of anilines is 1. The molecule has 17 heavy (non-hydrogen) atoms. The van der Waals surface area contributed by atoms with E-state index in [0.717, 1.165) is 23.3 Å². The van der Waals surface area contributed by atoms with E-state index in [1.807, 2.05) is 24.4 Å². The summed E-state index contributed by atoms with van der Waals surface area (Å²) in [4.78, 5) is 6.62. The molecule has 4 heteroatoms. The number of fused-ring (bicyclic) bond motifs is 1. The fourth-order valence-corrected chi connectivity index (χ4v) is 2.39. The molecular formula is C13H16BrN3. The van der Waals surface area contributed by atoms with Gasteiger partial charge < -0.3 is 10.6 Å². The Bertz CT molecular complexity index is 513. The number of hydrogen-bond acceptors (Lipinski definition) is 3. The summed E-state index contributed by atoms with van der Waals surface area (Å²) in [5.74, 6) is 1.01. The predicted molar refractivity (Wildman–Crippen MR) is 76.4 cm³/mol. The Morgan fingerprint density at radius 3 is 2.88 bits per heavy atom. The van der Waals surface area contributed by atoms with E-state index in [-0.39, 0.29) is 0 Å². The van der Waals surface area contributed by atoms with E-state index in [1.54, 1.807) is 0 Å². The van der Waals surface area contributed by atoms with E-state index >= 15 is 0 Å². The van der Waals surface area contributed by atoms with Crippen molar-refractivity contribution in [3.63, 3.8) is 0 Å². The van der Waals surface area contributed by atoms with Gasteiger partial charge in [0.05, 0.1) is 0 Å². The lowest BCUT2D eigenvalue weighted by molar-refractivity contribution is 0.789. The molecule has 2 aromatic rings. The van der Waals surface area contributed by atoms with Gasteiger partial charge in [0.25, 0.3) is 0 Å². The number of halogens is 1. The average Bonchev–Trinajstić information content (AvgIpc) is 2.36. The molecule has 0 radical (unpaired) electrons. The smallest absolute Gasteiger partial charge is 0.136 e. The summed E-state index contributed by atoms with van der Waals surface area (Å²) in [7, 11) is 2.05. The third-order valence-electron chi connectivity index (χ3n) is 2.79. The number of nitrogens with zero attached hydrogens (tertiary/aromatic N) is 2. The molecule has 2 N–H and O–H groups in total. The Balaban J connectivity index is 2.43. The third kappa shape index (κ3) is 2.58. The third-order valence-corrected chi connectivity index (χ3v) is 3.48. The highest BCUT2D eigenvalue weighted by Crippen LogP contribution is 2.29. The van der Waals surface area contributed by atoms with Gasteiger partial charge in [0.15, 0.2) is 0 Å². The molecule has 0 saturated carbocycles. The lowest BCUT2D eigenvalue weighted by Gasteiger charge is -2.19. The minimum absolute atomic E-state index is 0.707. The minimum Gasteiger partial charge on any atom is -0.359 e. The maximum absolute atomic E-state index is 5.54. The fraction of sp³-hybridized carbons (Fsp3) is 0.308. The average molecular weight is 294 g/mol. The molecule has 0 atom stereocenters. The van der Waals surface area contributed by atoms with Gasteiger partial charge in [0.1, 0.15) is 5.82 Å². The first-order chi connectivity index (χ1) is 8.24. The quantitative estimate of drug-likeness (QED) is 0.943. The SMILES string of the molecule is CN(CCCN)c1nccc2c(Br)cccc12. The second kappa shape index (κ2) is 5.47. The summed E-state index contributed by atoms with van der Waals surface area (Å²) in [6, 6.07) is 8.21. The van der Waals surface area contributed by atoms with Crippen LogP contribution in [0.4, 0.5) is 5.82 Å². The van der Waals surface area contributed by atoms with Crippen molar-refractivity contribution in [1.29, 1.82) is 0 Å². The normalized spacial score (nSPS) is 10.8. The maximum atomic E-state index is 5.54. The zero-order chi connectivity index (χ0) is 12.3. The van der Waals surface area contributed by atoms with E-state index in [9.17, 15) is 0 Å². The Labute approximate surface area is 110 Å². The second-order valence-corrected chi connectivity index (χ2v) is 4.89. The van der Waals surface area contributed by atoms with Gasteiger partial charge in [-0.15, -0.1) is 0 Å². The molecule has 0 spiro atoms. The Kier molecular flexibility index (Phi) is 3.97. The topological polar surface area (TPSA) is 42.1 Å². The van der Waals surface area contributed by atoms with Crippen LogP contribution in [0.25, 0.3) is 10.8 Å². The lowest BCUT2D eigenvalue weighted by atomic mass is 10.1. The first-order valence-corrected chi connectivity index (χ1v) is 6.48. The molecule has 0 aliphatic heterocycles. The molecule has 0 saturated heterocycles. The summed E-state index contributed by atoms with van der Waals surface area (Å²) < 4.78 is 1.10. The van der Waals surface area contributed by atoms with Gasteiger partial charge in [0.2, 0.25) is 0 Å². The lowest BCUT2D eigenvalue weighted by Crippen LogP contribution is -2.22. The minimum atomic E-state index is 0.707. The molecule has 90 valence electrons. The van der Waals surface area contributed by atoms with E-state index in [2.05, 4.69) is 38.9 Å². The van der Waals surface area contributed by atoms with Crippen LogP contribution in [0.5, 0.6) is 0 Å². The van der Waals surface area contributed by atoms with E-state index in [0.29, 0.717) is 6.54 Å². The second-order valence-electron chi connectivity index (χ2n) is 4.03. The summed E-state index contributed by atoms with van der Waals surface area (Å²) in [5.41, 5.74) is 5.54. The van der Waals surface area contributed by atoms with Crippen molar-refractivity contribution >= 4 is 32.5 Å². The van der Waals surface area contributed by atoms with Crippen LogP contribution in [0, 0.1) is 0 Å². The molecule has 0 amide bonds. The molecule has 2 rings (SSSR count). The molecule has 1 heterocycles. The summed E-state index contributed by atoms with van der Waals surface area (Å²) in [5, 5.41) is 2.36. The van der Waals surface area contributed by atoms with Crippen molar-refractivity contribution in [2.45, 2.75) is 6.42 Å². The van der Waals surface area contributed by atoms with Crippen LogP contribution in [0.2, 0.25) is 0 Å². The van der Waals surface area contributed by atoms with Crippen LogP contribution in [0.15, 0.2) is 34.9 Å². The molecule has 0 fully saturated rings. The van der Waals surface area contributed by atoms with Gasteiger partial charge in [-0.1, -0.05) is 28.1 Å². The molecule has 0 aliphatic rings. The van der Waals surface area contributed by atoms with Crippen molar-refractivity contribution in [3.05, 3.63) is 34.9 Å². The first-order valence-electron chi connectivity index (χ1n) is 5.68. The van der Waals surface area contributed by atoms with Crippen LogP contribution < -0.4 is 10.6 Å². The zero-order valence-corrected chi connectivity index (χ0v) is 11.4. The molecule has 1 aromatic heterocycles. The number of rotatable bonds is 4. The Hall–Kier alpha value is -1.13. The van der Waals surface area contributed by atoms with Crippen LogP contribution in [-0.2, 0) is 0 Å². The van der Waals surface area contributed by atoms with Gasteiger partial charge in [0, 0.05) is 35.0 Å². The summed E-state index contributed by atoms with van der Waals surface area (Å²) in [6.45, 7) is 1.63. The predicted octanol–water partition coefficient (Wildman–Crippen LogP) is 2.78. The van der Waals surface area contributed by atoms with Crippen LogP contribution in [0.1, 0.15) is 6.42 Å². The highest BCUT2D eigenvalue weighted by Gasteiger charge is 2.08. The molecule has 0 unspecified atom stereocenters. The van der Waals surface area contributed by atoms with Gasteiger partial charge in [-0.2, -0.15) is 0 Å². The van der Waals surface area contributed by atoms with Crippen molar-refractivity contribution < 1.29 is 0 Å². The molecular weight excluding hydrogens is 278 g/mol. The van der Waals surface area contributed by atoms with Crippen molar-refractivity contribution in [2.24, 2.45) is 5.73 Å². The Morgan fingerprint density at radius 1 is 1.29 bits per heavy atom. The van der Waals surface area contributed by atoms with Gasteiger partial charge in [-0.3, -0.25) is 0 Å². The van der Waals surface area contributed by atoms with Gasteiger partial charge in [-0.05, 0) is 25.1 Å². The van der Waals surface area contributed by atoms with Crippen LogP contribution >= 0.6 is 15.9 Å². The van der Waals surface area contributed by atoms with E-state index in [4.69, 9.17) is 5.73 Å². The molecule has 3 nitrogen and oxygen atoms in total. The number of pyridine rings is 1. The summed E-state index contributed by atoms with van der Waals surface area (Å²) >= 11 is 3.57. The van der Waals surface area contributed by atoms with E-state index < -0.39 is 0 Å². The van der Waals surface area contributed by atoms with Crippen LogP contribution in [0.3, 0.4) is 0 Å². The standard InChI is InChI=1S/C13H16BrN3/c1-17(9-3-7-15)13-11-4-2-5-12(14)10(11)6-8-16-13/h2,4-6,8H,3,7,9,15H2,1H3. The number of aromatic nitrogens is 1. The molecule has 0 bridgehead atoms. The van der Waals surface area contributed by atoms with Gasteiger partial charge >= 0.3 is 0 Å². The van der Waals surface area contributed by atoms with Crippen molar-refractivity contribution in [3.8, 4) is 0 Å². The number of hydrogen-bond donors (Lipinski definition) is 1. The highest BCUT2D eigenvalue weighted by molar-refractivity contribution is 9.10. The first kappa shape index (κ1) is 12.3. The number of nitrogens with two attached hydrogens (primary N) is 1. The van der Waals surface area contributed by atoms with E-state index in [1.165, 1.54) is 10.8 Å².